The summed E-state index contributed by atoms with van der Waals surface area (Å²) < 4.78 is 89.4. The average molecular weight is 877 g/mol. The van der Waals surface area contributed by atoms with Crippen LogP contribution in [0.15, 0.2) is 99.4 Å². The van der Waals surface area contributed by atoms with E-state index in [1.54, 1.807) is 12.1 Å². The fourth-order valence-electron chi connectivity index (χ4n) is 7.98. The molecule has 0 bridgehead atoms. The van der Waals surface area contributed by atoms with E-state index in [-0.39, 0.29) is 47.5 Å². The molecule has 0 heterocycles. The topological polar surface area (TPSA) is 0 Å². The van der Waals surface area contributed by atoms with Gasteiger partial charge in [0.25, 0.3) is 0 Å². The number of fused-ring (bicyclic) bond motifs is 3. The third-order valence-electron chi connectivity index (χ3n) is 10.8. The minimum absolute atomic E-state index is 0. The van der Waals surface area contributed by atoms with Crippen molar-refractivity contribution in [2.75, 3.05) is 0 Å². The van der Waals surface area contributed by atoms with E-state index in [1.165, 1.54) is 32.1 Å². The summed E-state index contributed by atoms with van der Waals surface area (Å²) >= 11 is -3.79. The van der Waals surface area contributed by atoms with Crippen LogP contribution in [0.5, 0.6) is 0 Å². The monoisotopic (exact) mass is 874 g/mol. The van der Waals surface area contributed by atoms with Crippen LogP contribution in [-0.4, -0.2) is 3.21 Å². The molecule has 0 fully saturated rings. The maximum absolute atomic E-state index is 14.4. The number of alkyl halides is 6. The first-order valence-corrected chi connectivity index (χ1v) is 22.0. The Hall–Kier alpha value is -2.73. The molecule has 0 saturated heterocycles. The Morgan fingerprint density at radius 3 is 1.62 bits per heavy atom. The van der Waals surface area contributed by atoms with E-state index < -0.39 is 44.7 Å². The Labute approximate surface area is 342 Å². The molecule has 0 N–H and O–H groups in total. The van der Waals surface area contributed by atoms with Gasteiger partial charge in [-0.3, -0.25) is 0 Å². The Morgan fingerprint density at radius 1 is 0.655 bits per heavy atom. The molecule has 2 aliphatic rings. The fourth-order valence-corrected chi connectivity index (χ4v) is 16.8. The number of rotatable bonds is 5. The van der Waals surface area contributed by atoms with Crippen LogP contribution >= 0.6 is 0 Å². The van der Waals surface area contributed by atoms with Crippen LogP contribution in [-0.2, 0) is 50.9 Å². The zero-order valence-corrected chi connectivity index (χ0v) is 36.9. The van der Waals surface area contributed by atoms with Crippen LogP contribution in [0.2, 0.25) is 0 Å². The average Bonchev–Trinajstić information content (AvgIpc) is 3.57. The molecule has 0 spiro atoms. The van der Waals surface area contributed by atoms with Crippen molar-refractivity contribution in [3.05, 3.63) is 144 Å². The van der Waals surface area contributed by atoms with Crippen molar-refractivity contribution in [1.29, 1.82) is 0 Å². The smallest absolute Gasteiger partial charge is 1.00 e. The Balaban J connectivity index is 0.00000336. The third-order valence-corrected chi connectivity index (χ3v) is 19.3. The van der Waals surface area contributed by atoms with Crippen molar-refractivity contribution in [2.24, 2.45) is 11.8 Å². The SMILES string of the molecule is CC1=[C]([Zr+2](=[C](c2cccc(C(F)(F)F)c2)c2cccc(C(F)(F)F)c2)[c]2cc(C(C)(C)C)cc3c2Cc2ccc(C(C)(C)C)cc2-3)C(C)C=C1C(C)C.[Cl-].[Cl-]. The van der Waals surface area contributed by atoms with E-state index in [9.17, 15) is 26.3 Å². The maximum atomic E-state index is 14.4. The standard InChI is InChI=1S/C21H25.C15H8F6.C10H15.2ClH.Zr/c1-20(2,3)16-9-7-14-11-15-8-10-17(21(4,5)6)13-19(15)18(14)12-16;16-14(17,18)12-5-1-3-10(8-12)7-11-4-2-6-13(9-11)15(19,20)21;1-7(2)10-6-8(3)5-9(10)4;;;/h7,9-10,12-13H,11H2,1-6H3;1-6,8-9H;6-8H,1-4H3;2*1H;/q;;;;;+2/p-2. The van der Waals surface area contributed by atoms with Crippen molar-refractivity contribution in [3.63, 3.8) is 0 Å². The van der Waals surface area contributed by atoms with Gasteiger partial charge in [0.15, 0.2) is 0 Å². The molecular formula is C46H48Cl2F6Zr. The van der Waals surface area contributed by atoms with Gasteiger partial charge in [0.1, 0.15) is 0 Å². The Bertz CT molecular complexity index is 2150. The summed E-state index contributed by atoms with van der Waals surface area (Å²) in [7, 11) is 0. The zero-order chi connectivity index (χ0) is 39.0. The van der Waals surface area contributed by atoms with Gasteiger partial charge in [-0.15, -0.1) is 0 Å². The molecule has 55 heavy (non-hydrogen) atoms. The molecule has 1 unspecified atom stereocenters. The third kappa shape index (κ3) is 8.90. The molecule has 2 aliphatic carbocycles. The Morgan fingerprint density at radius 2 is 1.16 bits per heavy atom. The predicted octanol–water partition coefficient (Wildman–Crippen LogP) is 6.92. The van der Waals surface area contributed by atoms with Crippen molar-refractivity contribution in [1.82, 2.24) is 0 Å². The quantitative estimate of drug-likeness (QED) is 0.169. The minimum Gasteiger partial charge on any atom is -1.00 e. The van der Waals surface area contributed by atoms with Gasteiger partial charge < -0.3 is 24.8 Å². The van der Waals surface area contributed by atoms with Crippen LogP contribution in [0, 0.1) is 11.8 Å². The van der Waals surface area contributed by atoms with Crippen molar-refractivity contribution in [3.8, 4) is 11.1 Å². The van der Waals surface area contributed by atoms with Gasteiger partial charge in [-0.05, 0) is 0 Å². The van der Waals surface area contributed by atoms with Gasteiger partial charge in [-0.25, -0.2) is 0 Å². The normalized spacial score (nSPS) is 15.5. The van der Waals surface area contributed by atoms with Crippen LogP contribution in [0.4, 0.5) is 26.3 Å². The van der Waals surface area contributed by atoms with Gasteiger partial charge in [0.05, 0.1) is 0 Å². The van der Waals surface area contributed by atoms with Crippen LogP contribution in [0.25, 0.3) is 11.1 Å². The Kier molecular flexibility index (Phi) is 13.0. The molecule has 4 aromatic rings. The second kappa shape index (κ2) is 15.9. The largest absolute Gasteiger partial charge is 1.00 e. The van der Waals surface area contributed by atoms with E-state index in [0.717, 1.165) is 55.4 Å². The van der Waals surface area contributed by atoms with E-state index in [2.05, 4.69) is 106 Å². The van der Waals surface area contributed by atoms with E-state index in [4.69, 9.17) is 0 Å². The number of allylic oxidation sites excluding steroid dienone is 4. The summed E-state index contributed by atoms with van der Waals surface area (Å²) in [6.45, 7) is 21.6. The van der Waals surface area contributed by atoms with Crippen molar-refractivity contribution in [2.45, 2.75) is 98.8 Å². The van der Waals surface area contributed by atoms with Gasteiger partial charge >= 0.3 is 320 Å². The molecule has 292 valence electrons. The van der Waals surface area contributed by atoms with E-state index >= 15 is 0 Å². The molecule has 6 rings (SSSR count). The molecule has 1 atom stereocenters. The summed E-state index contributed by atoms with van der Waals surface area (Å²) in [5, 5.41) is 0. The molecule has 0 radical (unpaired) electrons. The number of halogens is 8. The van der Waals surface area contributed by atoms with E-state index in [1.807, 2.05) is 0 Å². The van der Waals surface area contributed by atoms with Gasteiger partial charge in [0.2, 0.25) is 0 Å². The summed E-state index contributed by atoms with van der Waals surface area (Å²) in [6, 6.07) is 21.7. The van der Waals surface area contributed by atoms with Crippen LogP contribution in [0.1, 0.15) is 114 Å². The van der Waals surface area contributed by atoms with Crippen LogP contribution < -0.4 is 28.1 Å². The molecule has 0 saturated carbocycles. The molecule has 0 aromatic heterocycles. The second-order valence-corrected chi connectivity index (χ2v) is 22.8. The fraction of sp³-hybridized carbons (Fsp3) is 0.370. The van der Waals surface area contributed by atoms with Crippen LogP contribution in [0.3, 0.4) is 0 Å². The first-order valence-electron chi connectivity index (χ1n) is 18.3. The first-order chi connectivity index (χ1) is 24.5. The first kappa shape index (κ1) is 45.0. The van der Waals surface area contributed by atoms with Crippen molar-refractivity contribution < 1.29 is 72.4 Å². The minimum atomic E-state index is -4.62. The van der Waals surface area contributed by atoms with Gasteiger partial charge in [-0.2, -0.15) is 0 Å². The molecule has 0 nitrogen and oxygen atoms in total. The predicted molar refractivity (Wildman–Crippen MR) is 203 cm³/mol. The van der Waals surface area contributed by atoms with Gasteiger partial charge in [-0.1, -0.05) is 0 Å². The maximum Gasteiger partial charge on any atom is -1.00 e. The summed E-state index contributed by atoms with van der Waals surface area (Å²) in [6.07, 6.45) is -6.33. The number of benzene rings is 4. The second-order valence-electron chi connectivity index (χ2n) is 17.1. The molecule has 4 aromatic carbocycles. The molecule has 0 aliphatic heterocycles. The summed E-state index contributed by atoms with van der Waals surface area (Å²) in [5.41, 5.74) is 7.92. The number of hydrogen-bond donors (Lipinski definition) is 0. The molecule has 9 heteroatoms. The number of hydrogen-bond acceptors (Lipinski definition) is 0. The van der Waals surface area contributed by atoms with Gasteiger partial charge in [0, 0.05) is 0 Å². The zero-order valence-electron chi connectivity index (χ0n) is 33.0. The van der Waals surface area contributed by atoms with E-state index in [0.29, 0.717) is 20.8 Å². The summed E-state index contributed by atoms with van der Waals surface area (Å²) in [4.78, 5) is 0. The molecule has 0 amide bonds. The molecular weight excluding hydrogens is 829 g/mol. The van der Waals surface area contributed by atoms with Crippen molar-refractivity contribution >= 4 is 6.48 Å². The summed E-state index contributed by atoms with van der Waals surface area (Å²) in [5.74, 6) is 0.176.